The van der Waals surface area contributed by atoms with Gasteiger partial charge < -0.3 is 10.5 Å². The predicted octanol–water partition coefficient (Wildman–Crippen LogP) is 2.65. The van der Waals surface area contributed by atoms with Crippen LogP contribution in [0.3, 0.4) is 0 Å². The van der Waals surface area contributed by atoms with E-state index in [1.807, 2.05) is 37.3 Å². The number of anilines is 1. The number of hydrogen-bond acceptors (Lipinski definition) is 3. The summed E-state index contributed by atoms with van der Waals surface area (Å²) in [4.78, 5) is 11.0. The van der Waals surface area contributed by atoms with E-state index in [0.29, 0.717) is 5.69 Å². The first-order valence-corrected chi connectivity index (χ1v) is 5.52. The lowest BCUT2D eigenvalue weighted by atomic mass is 10.0. The minimum atomic E-state index is -0.972. The van der Waals surface area contributed by atoms with Crippen LogP contribution in [0, 0.1) is 6.92 Å². The van der Waals surface area contributed by atoms with Crippen LogP contribution in [0.4, 0.5) is 5.69 Å². The number of carboxylic acids is 1. The topological polar surface area (TPSA) is 75.3 Å². The Morgan fingerprint density at radius 3 is 2.33 bits per heavy atom. The molecule has 92 valence electrons. The third kappa shape index (κ3) is 2.49. The number of aryl methyl sites for hydroxylation is 1. The van der Waals surface area contributed by atoms with Crippen molar-refractivity contribution in [2.24, 2.45) is 5.84 Å². The average molecular weight is 242 g/mol. The van der Waals surface area contributed by atoms with E-state index < -0.39 is 5.97 Å². The highest BCUT2D eigenvalue weighted by molar-refractivity contribution is 5.91. The molecule has 4 nitrogen and oxygen atoms in total. The van der Waals surface area contributed by atoms with Crippen LogP contribution in [0.15, 0.2) is 42.5 Å². The third-order valence-corrected chi connectivity index (χ3v) is 2.73. The Labute approximate surface area is 105 Å². The van der Waals surface area contributed by atoms with Crippen LogP contribution in [0.1, 0.15) is 15.9 Å². The zero-order valence-corrected chi connectivity index (χ0v) is 9.97. The predicted molar refractivity (Wildman–Crippen MR) is 71.4 cm³/mol. The number of hydrogen-bond donors (Lipinski definition) is 3. The fourth-order valence-corrected chi connectivity index (χ4v) is 1.75. The summed E-state index contributed by atoms with van der Waals surface area (Å²) in [7, 11) is 0. The van der Waals surface area contributed by atoms with Crippen molar-refractivity contribution in [3.63, 3.8) is 0 Å². The molecule has 18 heavy (non-hydrogen) atoms. The molecule has 4 N–H and O–H groups in total. The van der Waals surface area contributed by atoms with Gasteiger partial charge in [-0.25, -0.2) is 4.79 Å². The number of benzene rings is 2. The zero-order chi connectivity index (χ0) is 13.1. The lowest BCUT2D eigenvalue weighted by molar-refractivity contribution is 0.0697. The molecule has 2 rings (SSSR count). The summed E-state index contributed by atoms with van der Waals surface area (Å²) in [6.45, 7) is 2.00. The molecule has 0 fully saturated rings. The lowest BCUT2D eigenvalue weighted by Gasteiger charge is -2.08. The number of aromatic carboxylic acids is 1. The Balaban J connectivity index is 2.52. The molecule has 0 heterocycles. The number of carboxylic acid groups (broad SMARTS) is 1. The highest BCUT2D eigenvalue weighted by Gasteiger charge is 2.07. The van der Waals surface area contributed by atoms with Gasteiger partial charge >= 0.3 is 5.97 Å². The molecule has 0 atom stereocenters. The average Bonchev–Trinajstić information content (AvgIpc) is 2.39. The summed E-state index contributed by atoms with van der Waals surface area (Å²) in [6, 6.07) is 12.8. The SMILES string of the molecule is Cc1ccc(-c2cc(NN)cc(C(=O)O)c2)cc1. The summed E-state index contributed by atoms with van der Waals surface area (Å²) in [5.74, 6) is 4.38. The van der Waals surface area contributed by atoms with Gasteiger partial charge in [-0.05, 0) is 36.2 Å². The van der Waals surface area contributed by atoms with E-state index >= 15 is 0 Å². The second-order valence-electron chi connectivity index (χ2n) is 4.11. The molecule has 0 aromatic heterocycles. The molecule has 0 aliphatic carbocycles. The minimum absolute atomic E-state index is 0.209. The van der Waals surface area contributed by atoms with E-state index in [1.165, 1.54) is 6.07 Å². The highest BCUT2D eigenvalue weighted by atomic mass is 16.4. The Bertz CT molecular complexity index is 577. The first-order valence-electron chi connectivity index (χ1n) is 5.52. The van der Waals surface area contributed by atoms with E-state index in [9.17, 15) is 4.79 Å². The van der Waals surface area contributed by atoms with Gasteiger partial charge in [0.2, 0.25) is 0 Å². The van der Waals surface area contributed by atoms with Crippen LogP contribution >= 0.6 is 0 Å². The molecule has 0 aliphatic rings. The maximum absolute atomic E-state index is 11.0. The molecule has 2 aromatic carbocycles. The maximum Gasteiger partial charge on any atom is 0.335 e. The number of nitrogens with one attached hydrogen (secondary N) is 1. The van der Waals surface area contributed by atoms with Crippen LogP contribution in [0.5, 0.6) is 0 Å². The normalized spacial score (nSPS) is 10.1. The third-order valence-electron chi connectivity index (χ3n) is 2.73. The van der Waals surface area contributed by atoms with E-state index in [0.717, 1.165) is 16.7 Å². The molecule has 0 saturated heterocycles. The largest absolute Gasteiger partial charge is 0.478 e. The van der Waals surface area contributed by atoms with Gasteiger partial charge in [0.1, 0.15) is 0 Å². The van der Waals surface area contributed by atoms with Gasteiger partial charge in [-0.15, -0.1) is 0 Å². The zero-order valence-electron chi connectivity index (χ0n) is 9.97. The second-order valence-corrected chi connectivity index (χ2v) is 4.11. The molecule has 0 unspecified atom stereocenters. The summed E-state index contributed by atoms with van der Waals surface area (Å²) in [6.07, 6.45) is 0. The number of nitrogen functional groups attached to an aromatic ring is 1. The molecule has 2 aromatic rings. The molecule has 0 spiro atoms. The van der Waals surface area contributed by atoms with E-state index in [2.05, 4.69) is 5.43 Å². The highest BCUT2D eigenvalue weighted by Crippen LogP contribution is 2.25. The maximum atomic E-state index is 11.0. The Kier molecular flexibility index (Phi) is 3.30. The van der Waals surface area contributed by atoms with Crippen molar-refractivity contribution in [3.05, 3.63) is 53.6 Å². The van der Waals surface area contributed by atoms with Crippen molar-refractivity contribution in [1.29, 1.82) is 0 Å². The molecular formula is C14H14N2O2. The first-order chi connectivity index (χ1) is 8.60. The molecule has 0 radical (unpaired) electrons. The molecule has 0 amide bonds. The van der Waals surface area contributed by atoms with Crippen molar-refractivity contribution < 1.29 is 9.90 Å². The van der Waals surface area contributed by atoms with Crippen molar-refractivity contribution in [1.82, 2.24) is 0 Å². The molecule has 0 saturated carbocycles. The number of hydrazine groups is 1. The number of carbonyl (C=O) groups is 1. The van der Waals surface area contributed by atoms with E-state index in [4.69, 9.17) is 10.9 Å². The summed E-state index contributed by atoms with van der Waals surface area (Å²) in [5.41, 5.74) is 6.20. The molecular weight excluding hydrogens is 228 g/mol. The van der Waals surface area contributed by atoms with Crippen molar-refractivity contribution in [2.45, 2.75) is 6.92 Å². The van der Waals surface area contributed by atoms with E-state index in [-0.39, 0.29) is 5.56 Å². The summed E-state index contributed by atoms with van der Waals surface area (Å²) in [5, 5.41) is 9.05. The molecule has 4 heteroatoms. The van der Waals surface area contributed by atoms with Crippen molar-refractivity contribution in [3.8, 4) is 11.1 Å². The lowest BCUT2D eigenvalue weighted by Crippen LogP contribution is -2.08. The van der Waals surface area contributed by atoms with Crippen molar-refractivity contribution in [2.75, 3.05) is 5.43 Å². The van der Waals surface area contributed by atoms with Crippen molar-refractivity contribution >= 4 is 11.7 Å². The Hall–Kier alpha value is -2.33. The monoisotopic (exact) mass is 242 g/mol. The fourth-order valence-electron chi connectivity index (χ4n) is 1.75. The number of nitrogens with two attached hydrogens (primary N) is 1. The quantitative estimate of drug-likeness (QED) is 0.571. The second kappa shape index (κ2) is 4.89. The van der Waals surface area contributed by atoms with Crippen LogP contribution in [0.25, 0.3) is 11.1 Å². The van der Waals surface area contributed by atoms with Crippen LogP contribution < -0.4 is 11.3 Å². The van der Waals surface area contributed by atoms with Gasteiger partial charge in [0, 0.05) is 5.69 Å². The van der Waals surface area contributed by atoms with Gasteiger partial charge in [0.25, 0.3) is 0 Å². The fraction of sp³-hybridized carbons (Fsp3) is 0.0714. The van der Waals surface area contributed by atoms with Gasteiger partial charge in [-0.1, -0.05) is 29.8 Å². The van der Waals surface area contributed by atoms with Crippen LogP contribution in [0.2, 0.25) is 0 Å². The van der Waals surface area contributed by atoms with Gasteiger partial charge in [-0.3, -0.25) is 5.84 Å². The smallest absolute Gasteiger partial charge is 0.335 e. The first kappa shape index (κ1) is 12.1. The Morgan fingerprint density at radius 1 is 1.11 bits per heavy atom. The van der Waals surface area contributed by atoms with Crippen LogP contribution in [-0.2, 0) is 0 Å². The van der Waals surface area contributed by atoms with Gasteiger partial charge in [0.15, 0.2) is 0 Å². The molecule has 0 bridgehead atoms. The standard InChI is InChI=1S/C14H14N2O2/c1-9-2-4-10(5-3-9)11-6-12(14(17)18)8-13(7-11)16-15/h2-8,16H,15H2,1H3,(H,17,18). The van der Waals surface area contributed by atoms with Gasteiger partial charge in [0.05, 0.1) is 5.56 Å². The molecule has 0 aliphatic heterocycles. The van der Waals surface area contributed by atoms with Gasteiger partial charge in [-0.2, -0.15) is 0 Å². The summed E-state index contributed by atoms with van der Waals surface area (Å²) < 4.78 is 0. The van der Waals surface area contributed by atoms with Crippen LogP contribution in [-0.4, -0.2) is 11.1 Å². The minimum Gasteiger partial charge on any atom is -0.478 e. The summed E-state index contributed by atoms with van der Waals surface area (Å²) >= 11 is 0. The van der Waals surface area contributed by atoms with E-state index in [1.54, 1.807) is 6.07 Å². The Morgan fingerprint density at radius 2 is 1.78 bits per heavy atom. The number of rotatable bonds is 3.